The van der Waals surface area contributed by atoms with Crippen molar-refractivity contribution in [3.05, 3.63) is 117 Å². The average molecular weight is 661 g/mol. The van der Waals surface area contributed by atoms with Crippen molar-refractivity contribution < 1.29 is 22.7 Å². The van der Waals surface area contributed by atoms with E-state index in [0.29, 0.717) is 35.3 Å². The van der Waals surface area contributed by atoms with Crippen molar-refractivity contribution in [2.24, 2.45) is 5.10 Å². The Labute approximate surface area is 265 Å². The molecule has 4 aromatic rings. The molecule has 0 aliphatic carbocycles. The molecule has 0 unspecified atom stereocenters. The van der Waals surface area contributed by atoms with Crippen molar-refractivity contribution in [3.8, 4) is 11.5 Å². The minimum atomic E-state index is -4.16. The van der Waals surface area contributed by atoms with E-state index in [1.807, 2.05) is 32.0 Å². The minimum Gasteiger partial charge on any atom is -0.490 e. The van der Waals surface area contributed by atoms with Crippen molar-refractivity contribution >= 4 is 62.6 Å². The van der Waals surface area contributed by atoms with Gasteiger partial charge in [-0.3, -0.25) is 9.10 Å². The molecule has 0 bridgehead atoms. The summed E-state index contributed by atoms with van der Waals surface area (Å²) in [6.07, 6.45) is 1.41. The lowest BCUT2D eigenvalue weighted by Crippen LogP contribution is -2.39. The maximum atomic E-state index is 13.6. The molecule has 0 aliphatic rings. The maximum absolute atomic E-state index is 13.6. The van der Waals surface area contributed by atoms with E-state index in [4.69, 9.17) is 44.3 Å². The van der Waals surface area contributed by atoms with Crippen LogP contribution in [-0.2, 0) is 21.4 Å². The number of amides is 1. The quantitative estimate of drug-likeness (QED) is 0.127. The van der Waals surface area contributed by atoms with Gasteiger partial charge in [0.25, 0.3) is 15.9 Å². The lowest BCUT2D eigenvalue weighted by molar-refractivity contribution is -0.119. The van der Waals surface area contributed by atoms with Crippen LogP contribution in [0, 0.1) is 6.92 Å². The van der Waals surface area contributed by atoms with Crippen LogP contribution in [0.15, 0.2) is 94.9 Å². The number of ether oxygens (including phenoxy) is 2. The number of benzene rings is 4. The normalized spacial score (nSPS) is 11.4. The van der Waals surface area contributed by atoms with E-state index < -0.39 is 22.5 Å². The minimum absolute atomic E-state index is 0.00613. The van der Waals surface area contributed by atoms with Gasteiger partial charge in [0, 0.05) is 15.1 Å². The van der Waals surface area contributed by atoms with E-state index in [-0.39, 0.29) is 20.6 Å². The molecule has 0 fully saturated rings. The zero-order valence-corrected chi connectivity index (χ0v) is 26.3. The molecule has 4 aromatic carbocycles. The molecule has 1 amide bonds. The first-order valence-electron chi connectivity index (χ1n) is 13.1. The van der Waals surface area contributed by atoms with Gasteiger partial charge in [0.15, 0.2) is 11.5 Å². The molecule has 0 saturated carbocycles. The smallest absolute Gasteiger partial charge is 0.264 e. The molecular formula is C31H28Cl3N3O5S. The molecule has 1 N–H and O–H groups in total. The number of nitrogens with one attached hydrogen (secondary N) is 1. The summed E-state index contributed by atoms with van der Waals surface area (Å²) in [5.74, 6) is 0.336. The molecule has 4 rings (SSSR count). The Hall–Kier alpha value is -3.76. The van der Waals surface area contributed by atoms with Crippen LogP contribution in [0.1, 0.15) is 23.6 Å². The molecule has 12 heteroatoms. The third-order valence-corrected chi connectivity index (χ3v) is 8.44. The van der Waals surface area contributed by atoms with Gasteiger partial charge in [-0.25, -0.2) is 13.8 Å². The van der Waals surface area contributed by atoms with Crippen LogP contribution in [0.25, 0.3) is 0 Å². The number of anilines is 1. The van der Waals surface area contributed by atoms with Gasteiger partial charge in [-0.05, 0) is 85.6 Å². The third kappa shape index (κ3) is 8.87. The molecule has 0 saturated heterocycles. The molecular weight excluding hydrogens is 633 g/mol. The molecule has 8 nitrogen and oxygen atoms in total. The second-order valence-corrected chi connectivity index (χ2v) is 12.5. The van der Waals surface area contributed by atoms with E-state index >= 15 is 0 Å². The van der Waals surface area contributed by atoms with Crippen LogP contribution in [-0.4, -0.2) is 33.7 Å². The van der Waals surface area contributed by atoms with Gasteiger partial charge in [-0.15, -0.1) is 0 Å². The Morgan fingerprint density at radius 3 is 2.28 bits per heavy atom. The van der Waals surface area contributed by atoms with Crippen molar-refractivity contribution in [3.63, 3.8) is 0 Å². The van der Waals surface area contributed by atoms with Gasteiger partial charge in [0.05, 0.1) is 23.4 Å². The maximum Gasteiger partial charge on any atom is 0.264 e. The molecule has 0 aromatic heterocycles. The first kappa shape index (κ1) is 32.2. The van der Waals surface area contributed by atoms with Crippen LogP contribution < -0.4 is 19.2 Å². The Morgan fingerprint density at radius 2 is 1.60 bits per heavy atom. The van der Waals surface area contributed by atoms with Gasteiger partial charge in [-0.1, -0.05) is 64.6 Å². The fraction of sp³-hybridized carbons (Fsp3) is 0.161. The number of hydrogen-bond acceptors (Lipinski definition) is 6. The van der Waals surface area contributed by atoms with Crippen LogP contribution in [0.5, 0.6) is 11.5 Å². The number of sulfonamides is 1. The second-order valence-electron chi connectivity index (χ2n) is 9.30. The largest absolute Gasteiger partial charge is 0.490 e. The summed E-state index contributed by atoms with van der Waals surface area (Å²) in [6, 6.07) is 23.1. The summed E-state index contributed by atoms with van der Waals surface area (Å²) in [5, 5.41) is 5.07. The van der Waals surface area contributed by atoms with Crippen LogP contribution in [0.4, 0.5) is 5.69 Å². The van der Waals surface area contributed by atoms with Crippen molar-refractivity contribution in [2.75, 3.05) is 17.5 Å². The van der Waals surface area contributed by atoms with Crippen LogP contribution in [0.2, 0.25) is 15.1 Å². The van der Waals surface area contributed by atoms with Crippen molar-refractivity contribution in [1.82, 2.24) is 5.43 Å². The highest BCUT2D eigenvalue weighted by Crippen LogP contribution is 2.31. The highest BCUT2D eigenvalue weighted by atomic mass is 35.5. The molecule has 43 heavy (non-hydrogen) atoms. The first-order chi connectivity index (χ1) is 20.5. The zero-order valence-electron chi connectivity index (χ0n) is 23.3. The van der Waals surface area contributed by atoms with E-state index in [2.05, 4.69) is 10.5 Å². The SMILES string of the molecule is CCOc1cc(/C=N\NC(=O)CN(c2cc(Cl)cc(Cl)c2)S(=O)(=O)c2ccc(C)cc2)ccc1OCc1cccc(Cl)c1. The highest BCUT2D eigenvalue weighted by Gasteiger charge is 2.28. The van der Waals surface area contributed by atoms with Crippen molar-refractivity contribution in [2.45, 2.75) is 25.3 Å². The van der Waals surface area contributed by atoms with E-state index in [9.17, 15) is 13.2 Å². The van der Waals surface area contributed by atoms with E-state index in [0.717, 1.165) is 15.4 Å². The Balaban J connectivity index is 1.49. The lowest BCUT2D eigenvalue weighted by atomic mass is 10.2. The van der Waals surface area contributed by atoms with Crippen LogP contribution in [0.3, 0.4) is 0 Å². The summed E-state index contributed by atoms with van der Waals surface area (Å²) in [4.78, 5) is 12.9. The number of hydrogen-bond donors (Lipinski definition) is 1. The van der Waals surface area contributed by atoms with Gasteiger partial charge in [0.2, 0.25) is 0 Å². The predicted molar refractivity (Wildman–Crippen MR) is 171 cm³/mol. The summed E-state index contributed by atoms with van der Waals surface area (Å²) < 4.78 is 39.7. The third-order valence-electron chi connectivity index (χ3n) is 5.99. The summed E-state index contributed by atoms with van der Waals surface area (Å²) >= 11 is 18.4. The zero-order chi connectivity index (χ0) is 31.0. The Bertz CT molecular complexity index is 1710. The van der Waals surface area contributed by atoms with E-state index in [1.165, 1.54) is 36.5 Å². The molecule has 0 heterocycles. The number of aryl methyl sites for hydroxylation is 1. The Kier molecular flexibility index (Phi) is 10.9. The number of carbonyl (C=O) groups excluding carboxylic acids is 1. The fourth-order valence-electron chi connectivity index (χ4n) is 3.96. The number of rotatable bonds is 12. The molecule has 0 spiro atoms. The van der Waals surface area contributed by atoms with Gasteiger partial charge >= 0.3 is 0 Å². The molecule has 224 valence electrons. The number of nitrogens with zero attached hydrogens (tertiary/aromatic N) is 2. The van der Waals surface area contributed by atoms with Gasteiger partial charge in [-0.2, -0.15) is 5.10 Å². The van der Waals surface area contributed by atoms with Crippen LogP contribution >= 0.6 is 34.8 Å². The van der Waals surface area contributed by atoms with E-state index in [1.54, 1.807) is 36.4 Å². The molecule has 0 radical (unpaired) electrons. The van der Waals surface area contributed by atoms with Gasteiger partial charge < -0.3 is 9.47 Å². The monoisotopic (exact) mass is 659 g/mol. The lowest BCUT2D eigenvalue weighted by Gasteiger charge is -2.24. The molecule has 0 atom stereocenters. The standard InChI is InChI=1S/C31H28Cl3N3O5S/c1-3-41-30-14-22(9-12-29(30)42-20-23-5-4-6-24(32)13-23)18-35-36-31(38)19-37(27-16-25(33)15-26(34)17-27)43(39,40)28-10-7-21(2)8-11-28/h4-18H,3,19-20H2,1-2H3,(H,36,38)/b35-18-. The summed E-state index contributed by atoms with van der Waals surface area (Å²) in [6.45, 7) is 3.82. The Morgan fingerprint density at radius 1 is 0.884 bits per heavy atom. The number of carbonyl (C=O) groups is 1. The molecule has 0 aliphatic heterocycles. The predicted octanol–water partition coefficient (Wildman–Crippen LogP) is 7.28. The summed E-state index contributed by atoms with van der Waals surface area (Å²) in [5.41, 5.74) is 4.92. The average Bonchev–Trinajstić information content (AvgIpc) is 2.95. The van der Waals surface area contributed by atoms with Crippen molar-refractivity contribution in [1.29, 1.82) is 0 Å². The fourth-order valence-corrected chi connectivity index (χ4v) is 6.09. The second kappa shape index (κ2) is 14.6. The number of halogens is 3. The first-order valence-corrected chi connectivity index (χ1v) is 15.6. The van der Waals surface area contributed by atoms with Gasteiger partial charge in [0.1, 0.15) is 13.2 Å². The summed E-state index contributed by atoms with van der Waals surface area (Å²) in [7, 11) is -4.16. The number of hydrazone groups is 1. The topological polar surface area (TPSA) is 97.3 Å². The highest BCUT2D eigenvalue weighted by molar-refractivity contribution is 7.92.